The van der Waals surface area contributed by atoms with Crippen LogP contribution in [0.25, 0.3) is 0 Å². The number of halogens is 1. The summed E-state index contributed by atoms with van der Waals surface area (Å²) >= 11 is 5.90. The number of hydrogen-bond acceptors (Lipinski definition) is 6. The van der Waals surface area contributed by atoms with Gasteiger partial charge in [0.15, 0.2) is 11.5 Å². The van der Waals surface area contributed by atoms with E-state index in [9.17, 15) is 13.2 Å². The average molecular weight is 457 g/mol. The van der Waals surface area contributed by atoms with Gasteiger partial charge in [-0.2, -0.15) is 4.72 Å². The van der Waals surface area contributed by atoms with Crippen LogP contribution in [0, 0.1) is 0 Å². The Hall–Kier alpha value is -2.49. The second kappa shape index (κ2) is 10.5. The first-order valence-electron chi connectivity index (χ1n) is 9.06. The van der Waals surface area contributed by atoms with Crippen LogP contribution in [-0.2, 0) is 21.2 Å². The van der Waals surface area contributed by atoms with E-state index in [1.54, 1.807) is 20.3 Å². The molecule has 0 saturated carbocycles. The number of hydrogen-bond donors (Lipinski definition) is 2. The maximum absolute atomic E-state index is 12.6. The third kappa shape index (κ3) is 6.01. The Morgan fingerprint density at radius 1 is 1.00 bits per heavy atom. The molecule has 2 aromatic rings. The lowest BCUT2D eigenvalue weighted by molar-refractivity contribution is -0.122. The van der Waals surface area contributed by atoms with E-state index in [0.717, 1.165) is 5.56 Å². The van der Waals surface area contributed by atoms with Crippen molar-refractivity contribution in [3.63, 3.8) is 0 Å². The Morgan fingerprint density at radius 2 is 1.63 bits per heavy atom. The summed E-state index contributed by atoms with van der Waals surface area (Å²) in [5.41, 5.74) is 0.935. The molecular formula is C20H25ClN2O6S. The zero-order valence-corrected chi connectivity index (χ0v) is 18.8. The minimum Gasteiger partial charge on any atom is -0.495 e. The van der Waals surface area contributed by atoms with E-state index in [2.05, 4.69) is 10.0 Å². The number of methoxy groups -OCH3 is 3. The van der Waals surface area contributed by atoms with Crippen molar-refractivity contribution in [1.82, 2.24) is 10.0 Å². The van der Waals surface area contributed by atoms with Crippen LogP contribution < -0.4 is 24.2 Å². The molecule has 0 spiro atoms. The summed E-state index contributed by atoms with van der Waals surface area (Å²) in [4.78, 5) is 12.2. The number of amides is 1. The van der Waals surface area contributed by atoms with Crippen LogP contribution >= 0.6 is 11.6 Å². The van der Waals surface area contributed by atoms with Gasteiger partial charge in [-0.05, 0) is 49.2 Å². The first kappa shape index (κ1) is 23.8. The quantitative estimate of drug-likeness (QED) is 0.569. The van der Waals surface area contributed by atoms with Crippen molar-refractivity contribution in [2.24, 2.45) is 0 Å². The van der Waals surface area contributed by atoms with Crippen LogP contribution in [0.5, 0.6) is 17.2 Å². The standard InChI is InChI=1S/C20H25ClN2O6S/c1-13(23-30(25,26)19-12-15(21)6-8-17(19)28-3)20(24)22-10-9-14-5-7-16(27-2)18(11-14)29-4/h5-8,11-13,23H,9-10H2,1-4H3,(H,22,24)/t13-/m1/s1. The van der Waals surface area contributed by atoms with Gasteiger partial charge in [0.05, 0.1) is 27.4 Å². The lowest BCUT2D eigenvalue weighted by atomic mass is 10.1. The van der Waals surface area contributed by atoms with Gasteiger partial charge < -0.3 is 19.5 Å². The Morgan fingerprint density at radius 3 is 2.27 bits per heavy atom. The summed E-state index contributed by atoms with van der Waals surface area (Å²) in [6.07, 6.45) is 0.535. The predicted molar refractivity (Wildman–Crippen MR) is 114 cm³/mol. The molecule has 0 bridgehead atoms. The summed E-state index contributed by atoms with van der Waals surface area (Å²) in [6.45, 7) is 1.78. The smallest absolute Gasteiger partial charge is 0.245 e. The van der Waals surface area contributed by atoms with Crippen molar-refractivity contribution >= 4 is 27.5 Å². The number of sulfonamides is 1. The highest BCUT2D eigenvalue weighted by Crippen LogP contribution is 2.28. The van der Waals surface area contributed by atoms with Crippen LogP contribution in [-0.4, -0.2) is 48.2 Å². The van der Waals surface area contributed by atoms with Crippen molar-refractivity contribution in [2.75, 3.05) is 27.9 Å². The second-order valence-corrected chi connectivity index (χ2v) is 8.49. The molecule has 164 valence electrons. The fourth-order valence-electron chi connectivity index (χ4n) is 2.73. The number of nitrogens with one attached hydrogen (secondary N) is 2. The number of carbonyl (C=O) groups excluding carboxylic acids is 1. The van der Waals surface area contributed by atoms with Crippen LogP contribution in [0.2, 0.25) is 5.02 Å². The van der Waals surface area contributed by atoms with E-state index in [-0.39, 0.29) is 15.7 Å². The minimum absolute atomic E-state index is 0.132. The van der Waals surface area contributed by atoms with Gasteiger partial charge in [-0.25, -0.2) is 8.42 Å². The van der Waals surface area contributed by atoms with E-state index >= 15 is 0 Å². The molecule has 2 N–H and O–H groups in total. The molecule has 0 saturated heterocycles. The topological polar surface area (TPSA) is 103 Å². The predicted octanol–water partition coefficient (Wildman–Crippen LogP) is 2.39. The molecule has 0 aliphatic heterocycles. The zero-order valence-electron chi connectivity index (χ0n) is 17.2. The normalized spacial score (nSPS) is 12.2. The van der Waals surface area contributed by atoms with Crippen LogP contribution in [0.15, 0.2) is 41.3 Å². The molecule has 30 heavy (non-hydrogen) atoms. The largest absolute Gasteiger partial charge is 0.495 e. The van der Waals surface area contributed by atoms with E-state index in [0.29, 0.717) is 24.5 Å². The van der Waals surface area contributed by atoms with Gasteiger partial charge in [-0.3, -0.25) is 4.79 Å². The SMILES string of the molecule is COc1ccc(CCNC(=O)[C@@H](C)NS(=O)(=O)c2cc(Cl)ccc2OC)cc1OC. The van der Waals surface area contributed by atoms with Crippen molar-refractivity contribution in [3.8, 4) is 17.2 Å². The Labute approximate surface area is 181 Å². The Kier molecular flexibility index (Phi) is 8.33. The van der Waals surface area contributed by atoms with Crippen molar-refractivity contribution in [3.05, 3.63) is 47.0 Å². The van der Waals surface area contributed by atoms with Gasteiger partial charge in [-0.1, -0.05) is 17.7 Å². The lowest BCUT2D eigenvalue weighted by Crippen LogP contribution is -2.45. The van der Waals surface area contributed by atoms with Crippen LogP contribution in [0.3, 0.4) is 0 Å². The van der Waals surface area contributed by atoms with E-state index in [1.165, 1.54) is 32.2 Å². The fraction of sp³-hybridized carbons (Fsp3) is 0.350. The molecule has 2 rings (SSSR count). The molecule has 1 amide bonds. The average Bonchev–Trinajstić information content (AvgIpc) is 2.73. The Bertz CT molecular complexity index is 997. The van der Waals surface area contributed by atoms with Gasteiger partial charge >= 0.3 is 0 Å². The van der Waals surface area contributed by atoms with Crippen LogP contribution in [0.1, 0.15) is 12.5 Å². The number of carbonyl (C=O) groups is 1. The summed E-state index contributed by atoms with van der Waals surface area (Å²) in [7, 11) is 0.442. The first-order chi connectivity index (χ1) is 14.2. The van der Waals surface area contributed by atoms with Gasteiger partial charge in [0.1, 0.15) is 10.6 Å². The highest BCUT2D eigenvalue weighted by Gasteiger charge is 2.25. The molecule has 0 heterocycles. The molecular weight excluding hydrogens is 432 g/mol. The molecule has 0 fully saturated rings. The van der Waals surface area contributed by atoms with E-state index < -0.39 is 22.0 Å². The highest BCUT2D eigenvalue weighted by atomic mass is 35.5. The number of benzene rings is 2. The molecule has 0 aliphatic carbocycles. The molecule has 10 heteroatoms. The summed E-state index contributed by atoms with van der Waals surface area (Å²) in [5.74, 6) is 0.885. The number of ether oxygens (including phenoxy) is 3. The molecule has 0 aromatic heterocycles. The van der Waals surface area contributed by atoms with Gasteiger partial charge in [0, 0.05) is 11.6 Å². The van der Waals surface area contributed by atoms with Gasteiger partial charge in [0.2, 0.25) is 15.9 Å². The highest BCUT2D eigenvalue weighted by molar-refractivity contribution is 7.89. The van der Waals surface area contributed by atoms with Crippen molar-refractivity contribution < 1.29 is 27.4 Å². The number of rotatable bonds is 10. The zero-order chi connectivity index (χ0) is 22.3. The third-order valence-electron chi connectivity index (χ3n) is 4.30. The van der Waals surface area contributed by atoms with E-state index in [1.807, 2.05) is 12.1 Å². The molecule has 0 radical (unpaired) electrons. The fourth-order valence-corrected chi connectivity index (χ4v) is 4.36. The molecule has 8 nitrogen and oxygen atoms in total. The van der Waals surface area contributed by atoms with Crippen molar-refractivity contribution in [1.29, 1.82) is 0 Å². The second-order valence-electron chi connectivity index (χ2n) is 6.37. The molecule has 2 aromatic carbocycles. The molecule has 0 aliphatic rings. The Balaban J connectivity index is 1.97. The summed E-state index contributed by atoms with van der Waals surface area (Å²) in [5, 5.41) is 2.95. The maximum Gasteiger partial charge on any atom is 0.245 e. The summed E-state index contributed by atoms with van der Waals surface area (Å²) in [6, 6.07) is 8.71. The molecule has 0 unspecified atom stereocenters. The van der Waals surface area contributed by atoms with Crippen molar-refractivity contribution in [2.45, 2.75) is 24.3 Å². The van der Waals surface area contributed by atoms with Crippen LogP contribution in [0.4, 0.5) is 0 Å². The first-order valence-corrected chi connectivity index (χ1v) is 10.9. The summed E-state index contributed by atoms with van der Waals surface area (Å²) < 4.78 is 43.2. The van der Waals surface area contributed by atoms with Gasteiger partial charge in [0.25, 0.3) is 0 Å². The molecule has 1 atom stereocenters. The monoisotopic (exact) mass is 456 g/mol. The minimum atomic E-state index is -4.01. The lowest BCUT2D eigenvalue weighted by Gasteiger charge is -2.16. The third-order valence-corrected chi connectivity index (χ3v) is 6.10. The van der Waals surface area contributed by atoms with E-state index in [4.69, 9.17) is 25.8 Å². The maximum atomic E-state index is 12.6. The van der Waals surface area contributed by atoms with Gasteiger partial charge in [-0.15, -0.1) is 0 Å².